The Balaban J connectivity index is 1.94. The van der Waals surface area contributed by atoms with E-state index in [1.807, 2.05) is 43.3 Å². The first-order valence-electron chi connectivity index (χ1n) is 7.25. The number of para-hydroxylation sites is 1. The summed E-state index contributed by atoms with van der Waals surface area (Å²) in [5, 5.41) is 6.24. The molecule has 2 rings (SSSR count). The summed E-state index contributed by atoms with van der Waals surface area (Å²) in [6, 6.07) is 17.7. The van der Waals surface area contributed by atoms with E-state index in [1.54, 1.807) is 0 Å². The van der Waals surface area contributed by atoms with Crippen molar-refractivity contribution in [2.45, 2.75) is 32.9 Å². The molecule has 2 atom stereocenters. The molecule has 0 aliphatic heterocycles. The van der Waals surface area contributed by atoms with Crippen LogP contribution >= 0.6 is 0 Å². The second-order valence-electron chi connectivity index (χ2n) is 5.38. The molecule has 0 saturated carbocycles. The quantitative estimate of drug-likeness (QED) is 0.878. The third-order valence-corrected chi connectivity index (χ3v) is 3.48. The zero-order valence-electron chi connectivity index (χ0n) is 12.8. The van der Waals surface area contributed by atoms with E-state index in [2.05, 4.69) is 42.7 Å². The number of anilines is 1. The number of carbonyl (C=O) groups excluding carboxylic acids is 1. The maximum absolute atomic E-state index is 12.2. The lowest BCUT2D eigenvalue weighted by Gasteiger charge is -2.20. The van der Waals surface area contributed by atoms with E-state index in [9.17, 15) is 4.79 Å². The smallest absolute Gasteiger partial charge is 0.241 e. The van der Waals surface area contributed by atoms with E-state index in [1.165, 1.54) is 11.1 Å². The molecule has 2 N–H and O–H groups in total. The van der Waals surface area contributed by atoms with Crippen LogP contribution in [0.5, 0.6) is 0 Å². The monoisotopic (exact) mass is 282 g/mol. The van der Waals surface area contributed by atoms with Gasteiger partial charge in [-0.05, 0) is 38.5 Å². The Labute approximate surface area is 126 Å². The number of nitrogens with one attached hydrogen (secondary N) is 2. The predicted octanol–water partition coefficient (Wildman–Crippen LogP) is 3.67. The fourth-order valence-corrected chi connectivity index (χ4v) is 2.26. The van der Waals surface area contributed by atoms with Crippen LogP contribution in [0.1, 0.15) is 31.0 Å². The number of aryl methyl sites for hydroxylation is 1. The highest BCUT2D eigenvalue weighted by Crippen LogP contribution is 2.15. The van der Waals surface area contributed by atoms with Gasteiger partial charge in [0, 0.05) is 11.7 Å². The maximum atomic E-state index is 12.2. The van der Waals surface area contributed by atoms with Crippen LogP contribution in [-0.2, 0) is 4.79 Å². The van der Waals surface area contributed by atoms with Gasteiger partial charge < -0.3 is 5.32 Å². The highest BCUT2D eigenvalue weighted by molar-refractivity contribution is 5.94. The summed E-state index contributed by atoms with van der Waals surface area (Å²) in [6.45, 7) is 6.02. The molecule has 1 amide bonds. The molecule has 2 aromatic carbocycles. The first-order chi connectivity index (χ1) is 10.1. The number of hydrogen-bond donors (Lipinski definition) is 2. The minimum absolute atomic E-state index is 0.0271. The van der Waals surface area contributed by atoms with Gasteiger partial charge >= 0.3 is 0 Å². The molecular formula is C18H22N2O. The largest absolute Gasteiger partial charge is 0.325 e. The molecule has 0 aromatic heterocycles. The van der Waals surface area contributed by atoms with E-state index in [4.69, 9.17) is 0 Å². The Kier molecular flexibility index (Phi) is 5.12. The predicted molar refractivity (Wildman–Crippen MR) is 87.3 cm³/mol. The van der Waals surface area contributed by atoms with Crippen LogP contribution in [-0.4, -0.2) is 11.9 Å². The van der Waals surface area contributed by atoms with Crippen LogP contribution in [0.25, 0.3) is 0 Å². The number of rotatable bonds is 5. The standard InChI is InChI=1S/C18H22N2O/c1-13-8-7-9-16(12-13)14(2)19-15(3)18(21)20-17-10-5-4-6-11-17/h4-12,14-15,19H,1-3H3,(H,20,21)/t14-,15?/m0/s1. The van der Waals surface area contributed by atoms with Crippen molar-refractivity contribution < 1.29 is 4.79 Å². The molecule has 110 valence electrons. The number of amides is 1. The van der Waals surface area contributed by atoms with Gasteiger partial charge in [0.05, 0.1) is 6.04 Å². The second-order valence-corrected chi connectivity index (χ2v) is 5.38. The highest BCUT2D eigenvalue weighted by Gasteiger charge is 2.16. The van der Waals surface area contributed by atoms with Crippen LogP contribution in [0.4, 0.5) is 5.69 Å². The van der Waals surface area contributed by atoms with Gasteiger partial charge in [-0.1, -0.05) is 48.0 Å². The van der Waals surface area contributed by atoms with E-state index in [0.717, 1.165) is 5.69 Å². The summed E-state index contributed by atoms with van der Waals surface area (Å²) in [6.07, 6.45) is 0. The van der Waals surface area contributed by atoms with Crippen LogP contribution < -0.4 is 10.6 Å². The molecule has 0 heterocycles. The van der Waals surface area contributed by atoms with Gasteiger partial charge in [-0.25, -0.2) is 0 Å². The van der Waals surface area contributed by atoms with Gasteiger partial charge in [0.25, 0.3) is 0 Å². The van der Waals surface area contributed by atoms with Crippen molar-refractivity contribution in [2.24, 2.45) is 0 Å². The Morgan fingerprint density at radius 2 is 1.71 bits per heavy atom. The summed E-state index contributed by atoms with van der Waals surface area (Å²) >= 11 is 0. The van der Waals surface area contributed by atoms with Crippen molar-refractivity contribution in [3.05, 3.63) is 65.7 Å². The zero-order chi connectivity index (χ0) is 15.2. The Morgan fingerprint density at radius 1 is 1.00 bits per heavy atom. The van der Waals surface area contributed by atoms with Gasteiger partial charge in [0.2, 0.25) is 5.91 Å². The third kappa shape index (κ3) is 4.43. The third-order valence-electron chi connectivity index (χ3n) is 3.48. The van der Waals surface area contributed by atoms with Crippen molar-refractivity contribution >= 4 is 11.6 Å². The molecule has 0 fully saturated rings. The van der Waals surface area contributed by atoms with Crippen LogP contribution in [0, 0.1) is 6.92 Å². The van der Waals surface area contributed by atoms with Crippen molar-refractivity contribution in [3.63, 3.8) is 0 Å². The fraction of sp³-hybridized carbons (Fsp3) is 0.278. The Hall–Kier alpha value is -2.13. The maximum Gasteiger partial charge on any atom is 0.241 e. The molecule has 0 saturated heterocycles. The average Bonchev–Trinajstić information content (AvgIpc) is 2.48. The van der Waals surface area contributed by atoms with Gasteiger partial charge in [-0.2, -0.15) is 0 Å². The number of benzene rings is 2. The minimum atomic E-state index is -0.263. The molecule has 21 heavy (non-hydrogen) atoms. The van der Waals surface area contributed by atoms with Crippen molar-refractivity contribution in [1.29, 1.82) is 0 Å². The molecule has 3 heteroatoms. The van der Waals surface area contributed by atoms with Crippen LogP contribution in [0.2, 0.25) is 0 Å². The lowest BCUT2D eigenvalue weighted by molar-refractivity contribution is -0.117. The summed E-state index contributed by atoms with van der Waals surface area (Å²) in [7, 11) is 0. The second kappa shape index (κ2) is 7.04. The van der Waals surface area contributed by atoms with Gasteiger partial charge in [-0.3, -0.25) is 10.1 Å². The average molecular weight is 282 g/mol. The van der Waals surface area contributed by atoms with Gasteiger partial charge in [0.15, 0.2) is 0 Å². The Bertz CT molecular complexity index is 595. The topological polar surface area (TPSA) is 41.1 Å². The minimum Gasteiger partial charge on any atom is -0.325 e. The molecule has 0 aliphatic carbocycles. The fourth-order valence-electron chi connectivity index (χ4n) is 2.26. The van der Waals surface area contributed by atoms with E-state index in [0.29, 0.717) is 0 Å². The molecule has 2 aromatic rings. The lowest BCUT2D eigenvalue weighted by Crippen LogP contribution is -2.39. The number of hydrogen-bond acceptors (Lipinski definition) is 2. The van der Waals surface area contributed by atoms with Gasteiger partial charge in [0.1, 0.15) is 0 Å². The van der Waals surface area contributed by atoms with E-state index < -0.39 is 0 Å². The molecule has 1 unspecified atom stereocenters. The van der Waals surface area contributed by atoms with E-state index >= 15 is 0 Å². The summed E-state index contributed by atoms with van der Waals surface area (Å²) in [5.41, 5.74) is 3.23. The summed E-state index contributed by atoms with van der Waals surface area (Å²) < 4.78 is 0. The molecule has 0 aliphatic rings. The zero-order valence-corrected chi connectivity index (χ0v) is 12.8. The molecular weight excluding hydrogens is 260 g/mol. The van der Waals surface area contributed by atoms with Crippen molar-refractivity contribution in [3.8, 4) is 0 Å². The summed E-state index contributed by atoms with van der Waals surface area (Å²) in [4.78, 5) is 12.2. The van der Waals surface area contributed by atoms with E-state index in [-0.39, 0.29) is 18.0 Å². The molecule has 0 spiro atoms. The van der Waals surface area contributed by atoms with Crippen LogP contribution in [0.15, 0.2) is 54.6 Å². The molecule has 3 nitrogen and oxygen atoms in total. The first-order valence-corrected chi connectivity index (χ1v) is 7.25. The normalized spacial score (nSPS) is 13.5. The SMILES string of the molecule is Cc1cccc([C@H](C)NC(C)C(=O)Nc2ccccc2)c1. The first kappa shape index (κ1) is 15.3. The van der Waals surface area contributed by atoms with Crippen molar-refractivity contribution in [2.75, 3.05) is 5.32 Å². The Morgan fingerprint density at radius 3 is 2.38 bits per heavy atom. The highest BCUT2D eigenvalue weighted by atomic mass is 16.2. The lowest BCUT2D eigenvalue weighted by atomic mass is 10.1. The van der Waals surface area contributed by atoms with Crippen LogP contribution in [0.3, 0.4) is 0 Å². The molecule has 0 radical (unpaired) electrons. The summed E-state index contributed by atoms with van der Waals surface area (Å²) in [5.74, 6) is -0.0271. The molecule has 0 bridgehead atoms. The van der Waals surface area contributed by atoms with Crippen molar-refractivity contribution in [1.82, 2.24) is 5.32 Å². The number of carbonyl (C=O) groups is 1. The van der Waals surface area contributed by atoms with Gasteiger partial charge in [-0.15, -0.1) is 0 Å².